The van der Waals surface area contributed by atoms with E-state index in [-0.39, 0.29) is 0 Å². The molecule has 0 aromatic heterocycles. The molecule has 1 nitrogen and oxygen atoms in total. The summed E-state index contributed by atoms with van der Waals surface area (Å²) in [6, 6.07) is 1.22. The van der Waals surface area contributed by atoms with Gasteiger partial charge >= 0.3 is 0 Å². The number of hydrogen-bond acceptors (Lipinski definition) is 1. The van der Waals surface area contributed by atoms with Crippen LogP contribution in [-0.4, -0.2) is 33.5 Å². The van der Waals surface area contributed by atoms with Crippen LogP contribution in [0.1, 0.15) is 0 Å². The van der Waals surface area contributed by atoms with Crippen molar-refractivity contribution in [2.45, 2.75) is 12.6 Å². The average molecular weight is 152 g/mol. The third-order valence-corrected chi connectivity index (χ3v) is 4.88. The van der Waals surface area contributed by atoms with Gasteiger partial charge in [0.15, 0.2) is 0 Å². The molecule has 0 amide bonds. The Morgan fingerprint density at radius 1 is 1.50 bits per heavy atom. The first kappa shape index (κ1) is 8.47. The summed E-state index contributed by atoms with van der Waals surface area (Å²) < 4.78 is 2.31. The van der Waals surface area contributed by atoms with Crippen molar-refractivity contribution in [3.8, 4) is 0 Å². The fourth-order valence-corrected chi connectivity index (χ4v) is 2.20. The van der Waals surface area contributed by atoms with Crippen LogP contribution in [0.15, 0.2) is 0 Å². The van der Waals surface area contributed by atoms with E-state index in [2.05, 4.69) is 25.2 Å². The summed E-state index contributed by atoms with van der Waals surface area (Å²) in [5, 5.41) is 0. The van der Waals surface area contributed by atoms with Crippen molar-refractivity contribution < 1.29 is 0 Å². The van der Waals surface area contributed by atoms with Crippen LogP contribution in [0.25, 0.3) is 0 Å². The normalized spacial score (nSPS) is 14.6. The standard InChI is InChI=1S/C5H14ClNSi/c1-7(2)8(3)5-4-6/h8H,4-5H2,1-3H3. The summed E-state index contributed by atoms with van der Waals surface area (Å²) in [6.45, 7) is 2.31. The third-order valence-electron chi connectivity index (χ3n) is 1.41. The average Bonchev–Trinajstić information content (AvgIpc) is 1.67. The van der Waals surface area contributed by atoms with E-state index in [4.69, 9.17) is 11.6 Å². The lowest BCUT2D eigenvalue weighted by Crippen LogP contribution is -2.29. The van der Waals surface area contributed by atoms with Crippen LogP contribution >= 0.6 is 11.6 Å². The van der Waals surface area contributed by atoms with E-state index in [0.717, 1.165) is 5.88 Å². The van der Waals surface area contributed by atoms with Gasteiger partial charge in [-0.1, -0.05) is 6.55 Å². The number of halogens is 1. The smallest absolute Gasteiger partial charge is 0.109 e. The number of alkyl halides is 1. The van der Waals surface area contributed by atoms with Crippen LogP contribution in [0.2, 0.25) is 12.6 Å². The molecule has 0 bridgehead atoms. The van der Waals surface area contributed by atoms with Gasteiger partial charge in [-0.2, -0.15) is 0 Å². The van der Waals surface area contributed by atoms with E-state index >= 15 is 0 Å². The maximum atomic E-state index is 5.55. The molecule has 3 heteroatoms. The zero-order valence-corrected chi connectivity index (χ0v) is 7.73. The Bertz CT molecular complexity index is 58.4. The Labute approximate surface area is 58.3 Å². The molecule has 0 aromatic rings. The molecule has 0 aliphatic carbocycles. The molecule has 0 rings (SSSR count). The van der Waals surface area contributed by atoms with Crippen molar-refractivity contribution in [2.24, 2.45) is 0 Å². The summed E-state index contributed by atoms with van der Waals surface area (Å²) in [4.78, 5) is 0. The van der Waals surface area contributed by atoms with Crippen molar-refractivity contribution in [3.05, 3.63) is 0 Å². The van der Waals surface area contributed by atoms with E-state index in [1.165, 1.54) is 6.04 Å². The molecule has 0 aliphatic rings. The molecule has 50 valence electrons. The Kier molecular flexibility index (Phi) is 4.61. The molecule has 1 unspecified atom stereocenters. The quantitative estimate of drug-likeness (QED) is 0.432. The third kappa shape index (κ3) is 3.47. The van der Waals surface area contributed by atoms with Crippen LogP contribution in [0.4, 0.5) is 0 Å². The highest BCUT2D eigenvalue weighted by molar-refractivity contribution is 6.55. The summed E-state index contributed by atoms with van der Waals surface area (Å²) in [5.74, 6) is 0.825. The van der Waals surface area contributed by atoms with Crippen molar-refractivity contribution in [2.75, 3.05) is 20.0 Å². The zero-order valence-electron chi connectivity index (χ0n) is 5.82. The highest BCUT2D eigenvalue weighted by Gasteiger charge is 2.03. The molecule has 0 heterocycles. The molecule has 0 spiro atoms. The largest absolute Gasteiger partial charge is 0.332 e. The number of nitrogens with zero attached hydrogens (tertiary/aromatic N) is 1. The van der Waals surface area contributed by atoms with Gasteiger partial charge in [-0.25, -0.2) is 0 Å². The lowest BCUT2D eigenvalue weighted by molar-refractivity contribution is 0.641. The molecule has 0 aromatic carbocycles. The van der Waals surface area contributed by atoms with Gasteiger partial charge in [0, 0.05) is 5.88 Å². The Morgan fingerprint density at radius 2 is 2.00 bits per heavy atom. The fourth-order valence-electron chi connectivity index (χ4n) is 0.416. The van der Waals surface area contributed by atoms with Gasteiger partial charge in [0.1, 0.15) is 8.96 Å². The molecule has 0 radical (unpaired) electrons. The first-order valence-corrected chi connectivity index (χ1v) is 5.93. The lowest BCUT2D eigenvalue weighted by Gasteiger charge is -2.15. The van der Waals surface area contributed by atoms with Gasteiger partial charge < -0.3 is 4.57 Å². The van der Waals surface area contributed by atoms with Gasteiger partial charge in [0.25, 0.3) is 0 Å². The minimum atomic E-state index is -0.574. The predicted octanol–water partition coefficient (Wildman–Crippen LogP) is 1.14. The van der Waals surface area contributed by atoms with Crippen LogP contribution in [0.3, 0.4) is 0 Å². The second-order valence-electron chi connectivity index (χ2n) is 2.29. The van der Waals surface area contributed by atoms with Gasteiger partial charge in [-0.05, 0) is 20.1 Å². The molecular weight excluding hydrogens is 138 g/mol. The van der Waals surface area contributed by atoms with Crippen molar-refractivity contribution in [3.63, 3.8) is 0 Å². The topological polar surface area (TPSA) is 3.24 Å². The summed E-state index contributed by atoms with van der Waals surface area (Å²) in [6.07, 6.45) is 0. The molecule has 0 saturated heterocycles. The molecule has 8 heavy (non-hydrogen) atoms. The monoisotopic (exact) mass is 151 g/mol. The highest BCUT2D eigenvalue weighted by Crippen LogP contribution is 1.95. The van der Waals surface area contributed by atoms with Crippen molar-refractivity contribution >= 4 is 20.6 Å². The van der Waals surface area contributed by atoms with Crippen LogP contribution in [-0.2, 0) is 0 Å². The van der Waals surface area contributed by atoms with Gasteiger partial charge in [0.05, 0.1) is 0 Å². The van der Waals surface area contributed by atoms with E-state index in [0.29, 0.717) is 0 Å². The van der Waals surface area contributed by atoms with E-state index < -0.39 is 8.96 Å². The van der Waals surface area contributed by atoms with Crippen LogP contribution < -0.4 is 0 Å². The minimum absolute atomic E-state index is 0.574. The van der Waals surface area contributed by atoms with E-state index in [9.17, 15) is 0 Å². The first-order valence-electron chi connectivity index (χ1n) is 2.91. The van der Waals surface area contributed by atoms with Gasteiger partial charge in [0.2, 0.25) is 0 Å². The van der Waals surface area contributed by atoms with Crippen molar-refractivity contribution in [1.29, 1.82) is 0 Å². The second kappa shape index (κ2) is 4.36. The van der Waals surface area contributed by atoms with Crippen LogP contribution in [0, 0.1) is 0 Å². The number of rotatable bonds is 3. The van der Waals surface area contributed by atoms with Gasteiger partial charge in [-0.3, -0.25) is 0 Å². The van der Waals surface area contributed by atoms with Crippen molar-refractivity contribution in [1.82, 2.24) is 4.57 Å². The van der Waals surface area contributed by atoms with E-state index in [1.54, 1.807) is 0 Å². The molecule has 0 N–H and O–H groups in total. The summed E-state index contributed by atoms with van der Waals surface area (Å²) >= 11 is 5.55. The first-order chi connectivity index (χ1) is 3.68. The molecule has 1 atom stereocenters. The van der Waals surface area contributed by atoms with Crippen LogP contribution in [0.5, 0.6) is 0 Å². The number of hydrogen-bond donors (Lipinski definition) is 0. The Hall–Kier alpha value is 0.467. The fraction of sp³-hybridized carbons (Fsp3) is 1.00. The maximum Gasteiger partial charge on any atom is 0.109 e. The summed E-state index contributed by atoms with van der Waals surface area (Å²) in [7, 11) is 3.68. The lowest BCUT2D eigenvalue weighted by atomic mass is 11.0. The summed E-state index contributed by atoms with van der Waals surface area (Å²) in [5.41, 5.74) is 0. The molecule has 0 fully saturated rings. The maximum absolute atomic E-state index is 5.55. The molecular formula is C5H14ClNSi. The van der Waals surface area contributed by atoms with Gasteiger partial charge in [-0.15, -0.1) is 11.6 Å². The minimum Gasteiger partial charge on any atom is -0.332 e. The van der Waals surface area contributed by atoms with E-state index in [1.807, 2.05) is 0 Å². The second-order valence-corrected chi connectivity index (χ2v) is 5.98. The molecule has 0 aliphatic heterocycles. The Balaban J connectivity index is 3.17. The molecule has 0 saturated carbocycles. The SMILES string of the molecule is CN(C)[SiH](C)CCCl. The predicted molar refractivity (Wildman–Crippen MR) is 42.2 cm³/mol. The zero-order chi connectivity index (χ0) is 6.57. The Morgan fingerprint density at radius 3 is 2.12 bits per heavy atom. The highest BCUT2D eigenvalue weighted by atomic mass is 35.5.